The van der Waals surface area contributed by atoms with E-state index in [0.717, 1.165) is 33.5 Å². The molecule has 5 heteroatoms. The lowest BCUT2D eigenvalue weighted by atomic mass is 9.88. The van der Waals surface area contributed by atoms with E-state index in [2.05, 4.69) is 5.32 Å². The zero-order chi connectivity index (χ0) is 22.1. The fraction of sp³-hybridized carbons (Fsp3) is 0.231. The second kappa shape index (κ2) is 8.26. The van der Waals surface area contributed by atoms with Crippen molar-refractivity contribution in [3.05, 3.63) is 88.5 Å². The topological polar surface area (TPSA) is 64.6 Å². The Balaban J connectivity index is 1.55. The van der Waals surface area contributed by atoms with E-state index in [-0.39, 0.29) is 5.91 Å². The van der Waals surface area contributed by atoms with Crippen LogP contribution in [-0.4, -0.2) is 18.0 Å². The maximum atomic E-state index is 13.2. The number of fused-ring (bicyclic) bond motifs is 2. The molecule has 0 saturated heterocycles. The lowest BCUT2D eigenvalue weighted by Crippen LogP contribution is -2.33. The Kier molecular flexibility index (Phi) is 5.51. The Labute approximate surface area is 182 Å². The molecule has 0 fully saturated rings. The number of hydrogen-bond acceptors (Lipinski definition) is 4. The molecule has 3 aromatic rings. The molecule has 0 aliphatic carbocycles. The number of esters is 1. The molecule has 0 aromatic heterocycles. The highest BCUT2D eigenvalue weighted by Gasteiger charge is 2.35. The number of para-hydroxylation sites is 2. The predicted octanol–water partition coefficient (Wildman–Crippen LogP) is 5.42. The van der Waals surface area contributed by atoms with Crippen LogP contribution < -0.4 is 10.1 Å². The monoisotopic (exact) mass is 415 g/mol. The van der Waals surface area contributed by atoms with Gasteiger partial charge in [-0.05, 0) is 51.0 Å². The van der Waals surface area contributed by atoms with Crippen molar-refractivity contribution in [3.63, 3.8) is 0 Å². The lowest BCUT2D eigenvalue weighted by molar-refractivity contribution is -0.153. The van der Waals surface area contributed by atoms with E-state index in [1.807, 2.05) is 81.4 Å². The first-order valence-electron chi connectivity index (χ1n) is 10.3. The SMILES string of the molecule is Cc1cc(C)c(NC(=O)C(C)OC(=O)C2c3ccccc3Oc3ccccc32)c(C)c1. The molecule has 0 radical (unpaired) electrons. The largest absolute Gasteiger partial charge is 0.457 e. The highest BCUT2D eigenvalue weighted by molar-refractivity contribution is 5.97. The van der Waals surface area contributed by atoms with Crippen LogP contribution >= 0.6 is 0 Å². The molecule has 158 valence electrons. The van der Waals surface area contributed by atoms with Gasteiger partial charge >= 0.3 is 5.97 Å². The molecule has 3 aromatic carbocycles. The normalized spacial score (nSPS) is 13.4. The molecule has 5 nitrogen and oxygen atoms in total. The van der Waals surface area contributed by atoms with Crippen molar-refractivity contribution in [1.29, 1.82) is 0 Å². The van der Waals surface area contributed by atoms with Crippen molar-refractivity contribution in [2.45, 2.75) is 39.7 Å². The van der Waals surface area contributed by atoms with Crippen molar-refractivity contribution in [2.75, 3.05) is 5.32 Å². The van der Waals surface area contributed by atoms with Gasteiger partial charge in [-0.2, -0.15) is 0 Å². The fourth-order valence-corrected chi connectivity index (χ4v) is 4.06. The first kappa shape index (κ1) is 20.7. The minimum Gasteiger partial charge on any atom is -0.457 e. The van der Waals surface area contributed by atoms with E-state index in [1.165, 1.54) is 0 Å². The molecule has 0 bridgehead atoms. The third-order valence-electron chi connectivity index (χ3n) is 5.50. The van der Waals surface area contributed by atoms with Gasteiger partial charge in [0.05, 0.1) is 0 Å². The number of ether oxygens (including phenoxy) is 2. The molecule has 31 heavy (non-hydrogen) atoms. The molecular weight excluding hydrogens is 390 g/mol. The van der Waals surface area contributed by atoms with Gasteiger partial charge in [0, 0.05) is 16.8 Å². The number of nitrogens with one attached hydrogen (secondary N) is 1. The lowest BCUT2D eigenvalue weighted by Gasteiger charge is -2.27. The van der Waals surface area contributed by atoms with Gasteiger partial charge in [0.2, 0.25) is 0 Å². The minimum absolute atomic E-state index is 0.364. The number of aryl methyl sites for hydroxylation is 3. The van der Waals surface area contributed by atoms with Crippen molar-refractivity contribution < 1.29 is 19.1 Å². The van der Waals surface area contributed by atoms with E-state index in [0.29, 0.717) is 11.5 Å². The summed E-state index contributed by atoms with van der Waals surface area (Å²) < 4.78 is 11.6. The standard InChI is InChI=1S/C26H25NO4/c1-15-13-16(2)24(17(3)14-15)27-25(28)18(4)30-26(29)23-19-9-5-7-11-21(19)31-22-12-8-6-10-20(22)23/h5-14,18,23H,1-4H3,(H,27,28). The van der Waals surface area contributed by atoms with Crippen LogP contribution in [-0.2, 0) is 14.3 Å². The maximum absolute atomic E-state index is 13.2. The number of carbonyl (C=O) groups is 2. The Bertz CT molecular complexity index is 1100. The van der Waals surface area contributed by atoms with Crippen LogP contribution in [0.5, 0.6) is 11.5 Å². The van der Waals surface area contributed by atoms with E-state index in [4.69, 9.17) is 9.47 Å². The minimum atomic E-state index is -0.949. The molecular formula is C26H25NO4. The molecule has 0 spiro atoms. The van der Waals surface area contributed by atoms with Gasteiger partial charge in [0.1, 0.15) is 17.4 Å². The smallest absolute Gasteiger partial charge is 0.318 e. The van der Waals surface area contributed by atoms with Crippen LogP contribution in [0.1, 0.15) is 40.7 Å². The van der Waals surface area contributed by atoms with E-state index < -0.39 is 18.0 Å². The zero-order valence-corrected chi connectivity index (χ0v) is 18.1. The zero-order valence-electron chi connectivity index (χ0n) is 18.1. The van der Waals surface area contributed by atoms with Gasteiger partial charge in [0.15, 0.2) is 6.10 Å². The first-order chi connectivity index (χ1) is 14.8. The van der Waals surface area contributed by atoms with E-state index in [1.54, 1.807) is 6.92 Å². The van der Waals surface area contributed by atoms with Crippen LogP contribution in [0.3, 0.4) is 0 Å². The predicted molar refractivity (Wildman–Crippen MR) is 120 cm³/mol. The molecule has 1 aliphatic heterocycles. The Morgan fingerprint density at radius 1 is 0.903 bits per heavy atom. The molecule has 1 atom stereocenters. The number of hydrogen-bond donors (Lipinski definition) is 1. The maximum Gasteiger partial charge on any atom is 0.318 e. The summed E-state index contributed by atoms with van der Waals surface area (Å²) in [6, 6.07) is 18.8. The van der Waals surface area contributed by atoms with E-state index in [9.17, 15) is 9.59 Å². The van der Waals surface area contributed by atoms with Gasteiger partial charge < -0.3 is 14.8 Å². The third kappa shape index (κ3) is 4.04. The highest BCUT2D eigenvalue weighted by atomic mass is 16.5. The van der Waals surface area contributed by atoms with Crippen LogP contribution in [0.15, 0.2) is 60.7 Å². The van der Waals surface area contributed by atoms with Crippen LogP contribution in [0, 0.1) is 20.8 Å². The van der Waals surface area contributed by atoms with Crippen LogP contribution in [0.4, 0.5) is 5.69 Å². The van der Waals surface area contributed by atoms with Crippen molar-refractivity contribution in [3.8, 4) is 11.5 Å². The van der Waals surface area contributed by atoms with Gasteiger partial charge in [-0.3, -0.25) is 9.59 Å². The third-order valence-corrected chi connectivity index (χ3v) is 5.50. The summed E-state index contributed by atoms with van der Waals surface area (Å²) in [5.74, 6) is -0.267. The highest BCUT2D eigenvalue weighted by Crippen LogP contribution is 2.44. The second-order valence-electron chi connectivity index (χ2n) is 7.95. The Morgan fingerprint density at radius 2 is 1.42 bits per heavy atom. The first-order valence-corrected chi connectivity index (χ1v) is 10.3. The summed E-state index contributed by atoms with van der Waals surface area (Å²) >= 11 is 0. The summed E-state index contributed by atoms with van der Waals surface area (Å²) in [5.41, 5.74) is 5.27. The summed E-state index contributed by atoms with van der Waals surface area (Å²) in [4.78, 5) is 26.0. The molecule has 0 saturated carbocycles. The fourth-order valence-electron chi connectivity index (χ4n) is 4.06. The van der Waals surface area contributed by atoms with Crippen molar-refractivity contribution in [1.82, 2.24) is 0 Å². The Morgan fingerprint density at radius 3 is 1.97 bits per heavy atom. The van der Waals surface area contributed by atoms with Gasteiger partial charge in [-0.1, -0.05) is 54.1 Å². The number of benzene rings is 3. The van der Waals surface area contributed by atoms with Gasteiger partial charge in [0.25, 0.3) is 5.91 Å². The number of rotatable bonds is 4. The van der Waals surface area contributed by atoms with E-state index >= 15 is 0 Å². The molecule has 1 amide bonds. The second-order valence-corrected chi connectivity index (χ2v) is 7.95. The molecule has 4 rings (SSSR count). The molecule has 1 N–H and O–H groups in total. The van der Waals surface area contributed by atoms with Gasteiger partial charge in [-0.25, -0.2) is 0 Å². The summed E-state index contributed by atoms with van der Waals surface area (Å²) in [7, 11) is 0. The number of carbonyl (C=O) groups excluding carboxylic acids is 2. The van der Waals surface area contributed by atoms with Crippen LogP contribution in [0.2, 0.25) is 0 Å². The quantitative estimate of drug-likeness (QED) is 0.578. The van der Waals surface area contributed by atoms with Crippen molar-refractivity contribution in [2.24, 2.45) is 0 Å². The molecule has 1 aliphatic rings. The average molecular weight is 415 g/mol. The number of anilines is 1. The number of amides is 1. The Hall–Kier alpha value is -3.60. The molecule has 1 heterocycles. The summed E-state index contributed by atoms with van der Waals surface area (Å²) in [5, 5.41) is 2.91. The summed E-state index contributed by atoms with van der Waals surface area (Å²) in [6.45, 7) is 7.49. The average Bonchev–Trinajstić information content (AvgIpc) is 2.74. The van der Waals surface area contributed by atoms with Crippen LogP contribution in [0.25, 0.3) is 0 Å². The van der Waals surface area contributed by atoms with Gasteiger partial charge in [-0.15, -0.1) is 0 Å². The van der Waals surface area contributed by atoms with Crippen molar-refractivity contribution >= 4 is 17.6 Å². The molecule has 1 unspecified atom stereocenters. The summed E-state index contributed by atoms with van der Waals surface area (Å²) in [6.07, 6.45) is -0.949.